The molecule has 3 rings (SSSR count). The van der Waals surface area contributed by atoms with Crippen LogP contribution in [0.25, 0.3) is 11.3 Å². The van der Waals surface area contributed by atoms with Gasteiger partial charge in [0.15, 0.2) is 11.6 Å². The van der Waals surface area contributed by atoms with E-state index in [0.29, 0.717) is 5.69 Å². The van der Waals surface area contributed by atoms with Gasteiger partial charge in [0.05, 0.1) is 11.7 Å². The predicted octanol–water partition coefficient (Wildman–Crippen LogP) is 3.47. The van der Waals surface area contributed by atoms with E-state index < -0.39 is 11.6 Å². The first-order valence-corrected chi connectivity index (χ1v) is 8.00. The molecule has 0 bridgehead atoms. The van der Waals surface area contributed by atoms with Crippen molar-refractivity contribution in [1.29, 1.82) is 0 Å². The zero-order valence-corrected chi connectivity index (χ0v) is 11.7. The minimum atomic E-state index is -0.835. The van der Waals surface area contributed by atoms with Crippen molar-refractivity contribution in [3.05, 3.63) is 40.2 Å². The van der Waals surface area contributed by atoms with E-state index in [9.17, 15) is 8.78 Å². The summed E-state index contributed by atoms with van der Waals surface area (Å²) < 4.78 is 26.9. The van der Waals surface area contributed by atoms with E-state index >= 15 is 0 Å². The Morgan fingerprint density at radius 1 is 1.32 bits per heavy atom. The topological polar surface area (TPSA) is 24.9 Å². The second kappa shape index (κ2) is 5.56. The van der Waals surface area contributed by atoms with Gasteiger partial charge in [0.2, 0.25) is 0 Å². The maximum Gasteiger partial charge on any atom is 0.168 e. The number of hydrogen-bond donors (Lipinski definition) is 1. The van der Waals surface area contributed by atoms with Crippen LogP contribution < -0.4 is 5.32 Å². The van der Waals surface area contributed by atoms with E-state index in [-0.39, 0.29) is 11.6 Å². The molecule has 1 unspecified atom stereocenters. The van der Waals surface area contributed by atoms with Gasteiger partial charge in [0, 0.05) is 29.0 Å². The molecular formula is C13H12F2N2S2. The maximum absolute atomic E-state index is 13.7. The van der Waals surface area contributed by atoms with Gasteiger partial charge >= 0.3 is 0 Å². The van der Waals surface area contributed by atoms with Crippen LogP contribution in [-0.4, -0.2) is 23.0 Å². The number of aromatic nitrogens is 1. The number of halogens is 2. The average Bonchev–Trinajstić information content (AvgIpc) is 2.92. The minimum absolute atomic E-state index is 0.217. The third-order valence-electron chi connectivity index (χ3n) is 2.97. The van der Waals surface area contributed by atoms with E-state index in [1.54, 1.807) is 11.4 Å². The molecule has 0 aliphatic carbocycles. The van der Waals surface area contributed by atoms with Crippen LogP contribution in [0.5, 0.6) is 0 Å². The van der Waals surface area contributed by atoms with Gasteiger partial charge in [-0.25, -0.2) is 13.8 Å². The summed E-state index contributed by atoms with van der Waals surface area (Å²) >= 11 is 3.37. The lowest BCUT2D eigenvalue weighted by molar-refractivity contribution is 0.511. The first kappa shape index (κ1) is 13.0. The number of nitrogens with zero attached hydrogens (tertiary/aromatic N) is 1. The summed E-state index contributed by atoms with van der Waals surface area (Å²) in [5, 5.41) is 6.11. The zero-order chi connectivity index (χ0) is 13.2. The molecule has 1 aromatic carbocycles. The molecule has 2 nitrogen and oxygen atoms in total. The van der Waals surface area contributed by atoms with Crippen LogP contribution >= 0.6 is 23.1 Å². The van der Waals surface area contributed by atoms with Gasteiger partial charge in [-0.1, -0.05) is 6.07 Å². The molecule has 1 aromatic heterocycles. The Bertz CT molecular complexity index is 580. The molecule has 6 heteroatoms. The van der Waals surface area contributed by atoms with Crippen LogP contribution in [0.15, 0.2) is 23.6 Å². The summed E-state index contributed by atoms with van der Waals surface area (Å²) in [6, 6.07) is 4.39. The van der Waals surface area contributed by atoms with Gasteiger partial charge < -0.3 is 5.32 Å². The largest absolute Gasteiger partial charge is 0.306 e. The fourth-order valence-corrected chi connectivity index (χ4v) is 3.94. The Hall–Kier alpha value is -0.980. The Balaban J connectivity index is 1.90. The third-order valence-corrected chi connectivity index (χ3v) is 4.99. The summed E-state index contributed by atoms with van der Waals surface area (Å²) in [6.45, 7) is 0.957. The lowest BCUT2D eigenvalue weighted by Gasteiger charge is -2.20. The van der Waals surface area contributed by atoms with Crippen molar-refractivity contribution < 1.29 is 8.78 Å². The zero-order valence-electron chi connectivity index (χ0n) is 10.0. The molecule has 1 fully saturated rings. The molecule has 0 amide bonds. The first-order valence-electron chi connectivity index (χ1n) is 5.96. The summed E-state index contributed by atoms with van der Waals surface area (Å²) in [5.74, 6) is 0.412. The molecule has 100 valence electrons. The second-order valence-electron chi connectivity index (χ2n) is 4.25. The summed E-state index contributed by atoms with van der Waals surface area (Å²) in [7, 11) is 0. The standard InChI is InChI=1S/C13H12F2N2S2/c14-9-3-1-2-8(12(9)15)10-7-19-13(17-10)11-6-18-5-4-16-11/h1-3,7,11,16H,4-6H2. The quantitative estimate of drug-likeness (QED) is 0.919. The van der Waals surface area contributed by atoms with Crippen molar-refractivity contribution in [1.82, 2.24) is 10.3 Å². The van der Waals surface area contributed by atoms with Crippen molar-refractivity contribution in [3.63, 3.8) is 0 Å². The van der Waals surface area contributed by atoms with Crippen LogP contribution in [0.4, 0.5) is 8.78 Å². The summed E-state index contributed by atoms with van der Waals surface area (Å²) in [6.07, 6.45) is 0. The van der Waals surface area contributed by atoms with Crippen LogP contribution in [0.1, 0.15) is 11.0 Å². The highest BCUT2D eigenvalue weighted by Gasteiger charge is 2.20. The van der Waals surface area contributed by atoms with Crippen LogP contribution in [0.2, 0.25) is 0 Å². The van der Waals surface area contributed by atoms with Gasteiger partial charge in [-0.2, -0.15) is 11.8 Å². The molecule has 2 heterocycles. The fourth-order valence-electron chi connectivity index (χ4n) is 2.00. The van der Waals surface area contributed by atoms with Crippen molar-refractivity contribution >= 4 is 23.1 Å². The molecule has 0 spiro atoms. The van der Waals surface area contributed by atoms with E-state index in [4.69, 9.17) is 0 Å². The lowest BCUT2D eigenvalue weighted by Crippen LogP contribution is -2.30. The Labute approximate surface area is 118 Å². The van der Waals surface area contributed by atoms with Crippen molar-refractivity contribution in [2.75, 3.05) is 18.1 Å². The molecule has 1 aliphatic rings. The monoisotopic (exact) mass is 298 g/mol. The Kier molecular flexibility index (Phi) is 3.81. The molecule has 1 N–H and O–H groups in total. The van der Waals surface area contributed by atoms with Crippen LogP contribution in [0.3, 0.4) is 0 Å². The average molecular weight is 298 g/mol. The highest BCUT2D eigenvalue weighted by molar-refractivity contribution is 7.99. The number of hydrogen-bond acceptors (Lipinski definition) is 4. The number of thioether (sulfide) groups is 1. The number of benzene rings is 1. The SMILES string of the molecule is Fc1cccc(-c2csc(C3CSCCN3)n2)c1F. The molecule has 1 aliphatic heterocycles. The minimum Gasteiger partial charge on any atom is -0.306 e. The summed E-state index contributed by atoms with van der Waals surface area (Å²) in [5.41, 5.74) is 0.736. The van der Waals surface area contributed by atoms with E-state index in [2.05, 4.69) is 10.3 Å². The highest BCUT2D eigenvalue weighted by atomic mass is 32.2. The second-order valence-corrected chi connectivity index (χ2v) is 6.29. The molecule has 0 saturated carbocycles. The van der Waals surface area contributed by atoms with Gasteiger partial charge in [-0.15, -0.1) is 11.3 Å². The van der Waals surface area contributed by atoms with Crippen LogP contribution in [0, 0.1) is 11.6 Å². The van der Waals surface area contributed by atoms with Crippen molar-refractivity contribution in [2.24, 2.45) is 0 Å². The number of thiazole rings is 1. The summed E-state index contributed by atoms with van der Waals surface area (Å²) in [4.78, 5) is 4.44. The molecular weight excluding hydrogens is 286 g/mol. The van der Waals surface area contributed by atoms with E-state index in [1.165, 1.54) is 17.4 Å². The molecule has 1 atom stereocenters. The van der Waals surface area contributed by atoms with Crippen molar-refractivity contribution in [3.8, 4) is 11.3 Å². The Morgan fingerprint density at radius 3 is 3.00 bits per heavy atom. The van der Waals surface area contributed by atoms with E-state index in [0.717, 1.165) is 29.1 Å². The third kappa shape index (κ3) is 2.66. The smallest absolute Gasteiger partial charge is 0.168 e. The number of nitrogens with one attached hydrogen (secondary N) is 1. The van der Waals surface area contributed by atoms with Gasteiger partial charge in [-0.05, 0) is 12.1 Å². The molecule has 1 saturated heterocycles. The molecule has 0 radical (unpaired) electrons. The highest BCUT2D eigenvalue weighted by Crippen LogP contribution is 2.30. The normalized spacial score (nSPS) is 19.6. The first-order chi connectivity index (χ1) is 9.25. The van der Waals surface area contributed by atoms with Crippen molar-refractivity contribution in [2.45, 2.75) is 6.04 Å². The van der Waals surface area contributed by atoms with Crippen LogP contribution in [-0.2, 0) is 0 Å². The van der Waals surface area contributed by atoms with Gasteiger partial charge in [0.25, 0.3) is 0 Å². The van der Waals surface area contributed by atoms with E-state index in [1.807, 2.05) is 11.8 Å². The maximum atomic E-state index is 13.7. The Morgan fingerprint density at radius 2 is 2.21 bits per heavy atom. The van der Waals surface area contributed by atoms with Gasteiger partial charge in [-0.3, -0.25) is 0 Å². The van der Waals surface area contributed by atoms with Gasteiger partial charge in [0.1, 0.15) is 5.01 Å². The predicted molar refractivity (Wildman–Crippen MR) is 75.5 cm³/mol. The number of rotatable bonds is 2. The molecule has 2 aromatic rings. The lowest BCUT2D eigenvalue weighted by atomic mass is 10.1. The molecule has 19 heavy (non-hydrogen) atoms. The fraction of sp³-hybridized carbons (Fsp3) is 0.308.